The van der Waals surface area contributed by atoms with E-state index in [1.54, 1.807) is 24.3 Å². The molecule has 3 N–H and O–H groups in total. The Labute approximate surface area is 145 Å². The summed E-state index contributed by atoms with van der Waals surface area (Å²) in [4.78, 5) is 12.3. The number of H-pyrrole nitrogens is 1. The van der Waals surface area contributed by atoms with E-state index in [-0.39, 0.29) is 23.3 Å². The standard InChI is InChI=1S/C17H19N7O/c18-10-13(16-21-23-24-22-16)11-19-14-8-6-12(7-9-14)17(25)20-15-4-2-1-3-5-15/h6-9,11,15,19H,1-5H2,(H,20,25)(H,21,22,23,24). The molecule has 0 saturated heterocycles. The van der Waals surface area contributed by atoms with E-state index in [1.165, 1.54) is 25.5 Å². The highest BCUT2D eigenvalue weighted by atomic mass is 16.1. The molecule has 1 aliphatic carbocycles. The van der Waals surface area contributed by atoms with Crippen LogP contribution in [0.2, 0.25) is 0 Å². The highest BCUT2D eigenvalue weighted by molar-refractivity contribution is 5.94. The Morgan fingerprint density at radius 3 is 2.64 bits per heavy atom. The number of aromatic amines is 1. The molecule has 3 rings (SSSR count). The normalized spacial score (nSPS) is 15.4. The van der Waals surface area contributed by atoms with Gasteiger partial charge < -0.3 is 10.6 Å². The van der Waals surface area contributed by atoms with Crippen LogP contribution in [-0.4, -0.2) is 32.6 Å². The Morgan fingerprint density at radius 2 is 2.00 bits per heavy atom. The fraction of sp³-hybridized carbons (Fsp3) is 0.353. The van der Waals surface area contributed by atoms with E-state index in [1.807, 2.05) is 6.07 Å². The van der Waals surface area contributed by atoms with Crippen molar-refractivity contribution < 1.29 is 4.79 Å². The van der Waals surface area contributed by atoms with Crippen LogP contribution in [0.1, 0.15) is 48.3 Å². The van der Waals surface area contributed by atoms with Crippen LogP contribution in [0.25, 0.3) is 5.57 Å². The third kappa shape index (κ3) is 4.41. The largest absolute Gasteiger partial charge is 0.360 e. The monoisotopic (exact) mass is 337 g/mol. The molecule has 1 saturated carbocycles. The van der Waals surface area contributed by atoms with Gasteiger partial charge in [-0.15, -0.1) is 10.2 Å². The van der Waals surface area contributed by atoms with Crippen molar-refractivity contribution in [1.29, 1.82) is 5.26 Å². The van der Waals surface area contributed by atoms with Gasteiger partial charge in [0.05, 0.1) is 0 Å². The quantitative estimate of drug-likeness (QED) is 0.720. The molecule has 8 nitrogen and oxygen atoms in total. The number of nitrogens with one attached hydrogen (secondary N) is 3. The number of aromatic nitrogens is 4. The molecule has 1 heterocycles. The lowest BCUT2D eigenvalue weighted by molar-refractivity contribution is 0.0928. The molecule has 0 spiro atoms. The topological polar surface area (TPSA) is 119 Å². The second-order valence-electron chi connectivity index (χ2n) is 5.94. The second-order valence-corrected chi connectivity index (χ2v) is 5.94. The lowest BCUT2D eigenvalue weighted by Crippen LogP contribution is -2.36. The SMILES string of the molecule is N#CC(=CNc1ccc(C(=O)NC2CCCCC2)cc1)c1nn[nH]n1. The fourth-order valence-electron chi connectivity index (χ4n) is 2.81. The summed E-state index contributed by atoms with van der Waals surface area (Å²) >= 11 is 0. The maximum absolute atomic E-state index is 12.3. The summed E-state index contributed by atoms with van der Waals surface area (Å²) in [6, 6.07) is 9.38. The Hall–Kier alpha value is -3.21. The molecule has 1 aromatic heterocycles. The molecular formula is C17H19N7O. The van der Waals surface area contributed by atoms with Crippen molar-refractivity contribution in [2.24, 2.45) is 0 Å². The Balaban J connectivity index is 1.60. The molecule has 1 fully saturated rings. The van der Waals surface area contributed by atoms with Gasteiger partial charge in [-0.05, 0) is 42.3 Å². The van der Waals surface area contributed by atoms with Gasteiger partial charge in [-0.2, -0.15) is 10.5 Å². The van der Waals surface area contributed by atoms with Gasteiger partial charge >= 0.3 is 0 Å². The molecule has 2 aromatic rings. The van der Waals surface area contributed by atoms with Crippen molar-refractivity contribution in [3.05, 3.63) is 41.9 Å². The first-order chi connectivity index (χ1) is 12.3. The van der Waals surface area contributed by atoms with Gasteiger partial charge in [-0.25, -0.2) is 0 Å². The summed E-state index contributed by atoms with van der Waals surface area (Å²) in [5.74, 6) is 0.178. The molecule has 25 heavy (non-hydrogen) atoms. The maximum Gasteiger partial charge on any atom is 0.251 e. The maximum atomic E-state index is 12.3. The summed E-state index contributed by atoms with van der Waals surface area (Å²) in [7, 11) is 0. The van der Waals surface area contributed by atoms with Crippen molar-refractivity contribution >= 4 is 17.2 Å². The zero-order valence-corrected chi connectivity index (χ0v) is 13.7. The highest BCUT2D eigenvalue weighted by Gasteiger charge is 2.16. The predicted octanol–water partition coefficient (Wildman–Crippen LogP) is 2.24. The minimum atomic E-state index is -0.0431. The number of hydrogen-bond acceptors (Lipinski definition) is 6. The number of nitrogens with zero attached hydrogens (tertiary/aromatic N) is 4. The van der Waals surface area contributed by atoms with E-state index >= 15 is 0 Å². The number of rotatable bonds is 5. The summed E-state index contributed by atoms with van der Waals surface area (Å²) in [6.45, 7) is 0. The molecule has 0 atom stereocenters. The first kappa shape index (κ1) is 16.6. The number of benzene rings is 1. The van der Waals surface area contributed by atoms with Crippen LogP contribution in [0.3, 0.4) is 0 Å². The number of allylic oxidation sites excluding steroid dienone is 1. The first-order valence-electron chi connectivity index (χ1n) is 8.28. The zero-order chi connectivity index (χ0) is 17.5. The molecule has 8 heteroatoms. The van der Waals surface area contributed by atoms with Gasteiger partial charge in [0.25, 0.3) is 5.91 Å². The summed E-state index contributed by atoms with van der Waals surface area (Å²) in [5, 5.41) is 28.4. The summed E-state index contributed by atoms with van der Waals surface area (Å²) in [5.41, 5.74) is 1.64. The Bertz CT molecular complexity index is 768. The average Bonchev–Trinajstić information content (AvgIpc) is 3.18. The van der Waals surface area contributed by atoms with Crippen molar-refractivity contribution in [2.45, 2.75) is 38.1 Å². The summed E-state index contributed by atoms with van der Waals surface area (Å²) in [6.07, 6.45) is 7.24. The number of hydrogen-bond donors (Lipinski definition) is 3. The van der Waals surface area contributed by atoms with Gasteiger partial charge in [-0.3, -0.25) is 4.79 Å². The van der Waals surface area contributed by atoms with Crippen LogP contribution < -0.4 is 10.6 Å². The molecule has 1 aromatic carbocycles. The Morgan fingerprint density at radius 1 is 1.24 bits per heavy atom. The molecule has 0 unspecified atom stereocenters. The molecule has 0 radical (unpaired) electrons. The van der Waals surface area contributed by atoms with Crippen molar-refractivity contribution in [1.82, 2.24) is 25.9 Å². The number of tetrazole rings is 1. The van der Waals surface area contributed by atoms with Gasteiger partial charge in [0.1, 0.15) is 11.6 Å². The molecule has 0 aliphatic heterocycles. The van der Waals surface area contributed by atoms with E-state index in [0.717, 1.165) is 18.5 Å². The summed E-state index contributed by atoms with van der Waals surface area (Å²) < 4.78 is 0. The molecule has 0 bridgehead atoms. The minimum Gasteiger partial charge on any atom is -0.360 e. The Kier molecular flexibility index (Phi) is 5.36. The van der Waals surface area contributed by atoms with Crippen LogP contribution >= 0.6 is 0 Å². The highest BCUT2D eigenvalue weighted by Crippen LogP contribution is 2.18. The van der Waals surface area contributed by atoms with Crippen LogP contribution in [0.15, 0.2) is 30.5 Å². The molecular weight excluding hydrogens is 318 g/mol. The van der Waals surface area contributed by atoms with Gasteiger partial charge in [0.15, 0.2) is 0 Å². The first-order valence-corrected chi connectivity index (χ1v) is 8.28. The lowest BCUT2D eigenvalue weighted by Gasteiger charge is -2.22. The predicted molar refractivity (Wildman–Crippen MR) is 92.2 cm³/mol. The number of anilines is 1. The van der Waals surface area contributed by atoms with Crippen LogP contribution in [-0.2, 0) is 0 Å². The second kappa shape index (κ2) is 8.06. The number of carbonyl (C=O) groups is 1. The van der Waals surface area contributed by atoms with E-state index in [4.69, 9.17) is 5.26 Å². The average molecular weight is 337 g/mol. The van der Waals surface area contributed by atoms with E-state index in [0.29, 0.717) is 5.56 Å². The van der Waals surface area contributed by atoms with Crippen molar-refractivity contribution in [3.8, 4) is 6.07 Å². The smallest absolute Gasteiger partial charge is 0.251 e. The third-order valence-corrected chi connectivity index (χ3v) is 4.18. The fourth-order valence-corrected chi connectivity index (χ4v) is 2.81. The zero-order valence-electron chi connectivity index (χ0n) is 13.7. The minimum absolute atomic E-state index is 0.0431. The van der Waals surface area contributed by atoms with Gasteiger partial charge in [-0.1, -0.05) is 19.3 Å². The van der Waals surface area contributed by atoms with Gasteiger partial charge in [0.2, 0.25) is 5.82 Å². The number of carbonyl (C=O) groups excluding carboxylic acids is 1. The lowest BCUT2D eigenvalue weighted by atomic mass is 9.95. The van der Waals surface area contributed by atoms with Gasteiger partial charge in [0, 0.05) is 23.5 Å². The molecule has 1 amide bonds. The van der Waals surface area contributed by atoms with Crippen LogP contribution in [0.5, 0.6) is 0 Å². The third-order valence-electron chi connectivity index (χ3n) is 4.18. The van der Waals surface area contributed by atoms with Crippen LogP contribution in [0, 0.1) is 11.3 Å². The van der Waals surface area contributed by atoms with Crippen molar-refractivity contribution in [3.63, 3.8) is 0 Å². The number of nitriles is 1. The van der Waals surface area contributed by atoms with Crippen LogP contribution in [0.4, 0.5) is 5.69 Å². The molecule has 1 aliphatic rings. The van der Waals surface area contributed by atoms with Crippen molar-refractivity contribution in [2.75, 3.05) is 5.32 Å². The van der Waals surface area contributed by atoms with E-state index < -0.39 is 0 Å². The van der Waals surface area contributed by atoms with E-state index in [2.05, 4.69) is 31.3 Å². The number of amides is 1. The molecule has 128 valence electrons. The van der Waals surface area contributed by atoms with E-state index in [9.17, 15) is 4.79 Å².